The number of imidazole rings is 1. The van der Waals surface area contributed by atoms with Crippen molar-refractivity contribution in [3.8, 4) is 0 Å². The molecule has 4 heterocycles. The molecule has 7 rings (SSSR count). The Hall–Kier alpha value is -2.09. The van der Waals surface area contributed by atoms with E-state index in [0.29, 0.717) is 0 Å². The van der Waals surface area contributed by atoms with Crippen LogP contribution < -0.4 is 4.57 Å². The molecule has 0 amide bonds. The lowest BCUT2D eigenvalue weighted by Gasteiger charge is -2.13. The fourth-order valence-corrected chi connectivity index (χ4v) is 3.11. The number of aryl methyl sites for hydroxylation is 5. The lowest BCUT2D eigenvalue weighted by molar-refractivity contribution is -0.674. The summed E-state index contributed by atoms with van der Waals surface area (Å²) in [7, 11) is 2.05. The number of pyridine rings is 1. The predicted octanol–water partition coefficient (Wildman–Crippen LogP) is 2.45. The van der Waals surface area contributed by atoms with E-state index >= 15 is 0 Å². The Morgan fingerprint density at radius 3 is 2.35 bits per heavy atom. The van der Waals surface area contributed by atoms with Gasteiger partial charge in [0, 0.05) is 11.9 Å². The molecule has 3 aromatic rings. The average Bonchev–Trinajstić information content (AvgIpc) is 2.83. The Labute approximate surface area is 119 Å². The Balaban J connectivity index is 1.89. The van der Waals surface area contributed by atoms with E-state index in [4.69, 9.17) is 0 Å². The zero-order valence-electron chi connectivity index (χ0n) is 11.8. The van der Waals surface area contributed by atoms with E-state index in [2.05, 4.69) is 60.4 Å². The molecule has 0 N–H and O–H groups in total. The van der Waals surface area contributed by atoms with Crippen LogP contribution in [0.25, 0.3) is 5.52 Å². The first kappa shape index (κ1) is 11.7. The van der Waals surface area contributed by atoms with Crippen LogP contribution in [0.4, 0.5) is 0 Å². The third-order valence-electron chi connectivity index (χ3n) is 4.28. The highest BCUT2D eigenvalue weighted by atomic mass is 15.1. The fraction of sp³-hybridized carbons (Fsp3) is 0.278. The summed E-state index contributed by atoms with van der Waals surface area (Å²) in [6, 6.07) is 13.7. The molecule has 20 heavy (non-hydrogen) atoms. The molecule has 1 aromatic carbocycles. The minimum atomic E-state index is 1.06. The summed E-state index contributed by atoms with van der Waals surface area (Å²) < 4.78 is 4.27. The third kappa shape index (κ3) is 1.92. The van der Waals surface area contributed by atoms with Gasteiger partial charge in [-0.25, -0.2) is 0 Å². The summed E-state index contributed by atoms with van der Waals surface area (Å²) in [5.74, 6) is 0. The van der Waals surface area contributed by atoms with Crippen LogP contribution in [-0.2, 0) is 32.7 Å². The molecule has 0 radical (unpaired) electrons. The number of rotatable bonds is 0. The maximum Gasteiger partial charge on any atom is 0.243 e. The summed E-state index contributed by atoms with van der Waals surface area (Å²) in [6.45, 7) is 0. The molecule has 4 aliphatic rings. The highest BCUT2D eigenvalue weighted by Gasteiger charge is 2.09. The van der Waals surface area contributed by atoms with Gasteiger partial charge in [0.05, 0.1) is 12.6 Å². The topological polar surface area (TPSA) is 8.29 Å². The van der Waals surface area contributed by atoms with E-state index in [1.165, 1.54) is 27.9 Å². The summed E-state index contributed by atoms with van der Waals surface area (Å²) in [5, 5.41) is 0. The van der Waals surface area contributed by atoms with Gasteiger partial charge in [-0.2, -0.15) is 0 Å². The fourth-order valence-electron chi connectivity index (χ4n) is 3.11. The number of hydrogen-bond acceptors (Lipinski definition) is 0. The van der Waals surface area contributed by atoms with Gasteiger partial charge in [-0.05, 0) is 42.4 Å². The zero-order chi connectivity index (χ0) is 13.5. The Morgan fingerprint density at radius 2 is 1.60 bits per heavy atom. The first-order valence-corrected chi connectivity index (χ1v) is 7.28. The van der Waals surface area contributed by atoms with E-state index in [0.717, 1.165) is 25.7 Å². The molecule has 0 saturated heterocycles. The number of nitrogens with zero attached hydrogens (tertiary/aromatic N) is 2. The van der Waals surface area contributed by atoms with Gasteiger partial charge in [-0.1, -0.05) is 36.4 Å². The highest BCUT2D eigenvalue weighted by molar-refractivity contribution is 5.53. The molecular formula is C18H18N2. The van der Waals surface area contributed by atoms with Crippen LogP contribution in [-0.4, -0.2) is 4.40 Å². The molecule has 0 saturated carbocycles. The molecule has 100 valence electrons. The normalized spacial score (nSPS) is 14.4. The highest BCUT2D eigenvalue weighted by Crippen LogP contribution is 2.19. The van der Waals surface area contributed by atoms with Crippen LogP contribution in [0.5, 0.6) is 0 Å². The quantitative estimate of drug-likeness (QED) is 0.434. The number of aromatic nitrogens is 2. The first-order valence-electron chi connectivity index (χ1n) is 7.28. The molecule has 0 spiro atoms. The van der Waals surface area contributed by atoms with Gasteiger partial charge < -0.3 is 8.97 Å². The van der Waals surface area contributed by atoms with Gasteiger partial charge in [-0.15, -0.1) is 0 Å². The maximum atomic E-state index is 3.40. The SMILES string of the molecule is C[n+]1[c-]n2c3ccc(c2c1)CCc1ccc(cc1)CC3. The van der Waals surface area contributed by atoms with Crippen molar-refractivity contribution in [3.05, 3.63) is 71.3 Å². The van der Waals surface area contributed by atoms with Gasteiger partial charge >= 0.3 is 0 Å². The molecule has 0 unspecified atom stereocenters. The smallest absolute Gasteiger partial charge is 0.243 e. The van der Waals surface area contributed by atoms with Crippen molar-refractivity contribution in [2.24, 2.45) is 7.05 Å². The summed E-state index contributed by atoms with van der Waals surface area (Å²) in [6.07, 6.45) is 9.91. The van der Waals surface area contributed by atoms with Gasteiger partial charge in [0.25, 0.3) is 0 Å². The van der Waals surface area contributed by atoms with Crippen molar-refractivity contribution in [1.29, 1.82) is 0 Å². The number of benzene rings is 1. The van der Waals surface area contributed by atoms with E-state index in [9.17, 15) is 0 Å². The van der Waals surface area contributed by atoms with Gasteiger partial charge in [-0.3, -0.25) is 0 Å². The molecule has 0 fully saturated rings. The second kappa shape index (κ2) is 4.48. The van der Waals surface area contributed by atoms with Crippen molar-refractivity contribution in [2.45, 2.75) is 25.7 Å². The second-order valence-electron chi connectivity index (χ2n) is 5.73. The van der Waals surface area contributed by atoms with Crippen LogP contribution in [0.1, 0.15) is 22.4 Å². The minimum Gasteiger partial charge on any atom is -0.323 e. The summed E-state index contributed by atoms with van der Waals surface area (Å²) in [4.78, 5) is 0. The Morgan fingerprint density at radius 1 is 0.900 bits per heavy atom. The lowest BCUT2D eigenvalue weighted by atomic mass is 9.99. The van der Waals surface area contributed by atoms with Crippen LogP contribution in [0.2, 0.25) is 0 Å². The summed E-state index contributed by atoms with van der Waals surface area (Å²) in [5.41, 5.74) is 6.91. The van der Waals surface area contributed by atoms with Crippen molar-refractivity contribution < 1.29 is 4.57 Å². The van der Waals surface area contributed by atoms with E-state index in [1.807, 2.05) is 4.57 Å². The molecule has 2 nitrogen and oxygen atoms in total. The average molecular weight is 262 g/mol. The van der Waals surface area contributed by atoms with Crippen molar-refractivity contribution in [2.75, 3.05) is 0 Å². The molecule has 0 atom stereocenters. The molecule has 2 heteroatoms. The predicted molar refractivity (Wildman–Crippen MR) is 78.7 cm³/mol. The first-order chi connectivity index (χ1) is 9.79. The zero-order valence-corrected chi connectivity index (χ0v) is 11.8. The standard InChI is InChI=1S/C18H18N2/c1-19-12-18-16-8-6-14-2-4-15(5-3-14)7-10-17(11-9-16)20(18)13-19/h2-5,9,11-12H,6-8,10H2,1H3. The van der Waals surface area contributed by atoms with Crippen LogP contribution >= 0.6 is 0 Å². The van der Waals surface area contributed by atoms with Crippen LogP contribution in [0.3, 0.4) is 0 Å². The van der Waals surface area contributed by atoms with Crippen molar-refractivity contribution in [1.82, 2.24) is 4.40 Å². The Kier molecular flexibility index (Phi) is 2.62. The molecular weight excluding hydrogens is 244 g/mol. The van der Waals surface area contributed by atoms with E-state index in [1.54, 1.807) is 0 Å². The Bertz CT molecular complexity index is 702. The summed E-state index contributed by atoms with van der Waals surface area (Å²) >= 11 is 0. The van der Waals surface area contributed by atoms with Gasteiger partial charge in [0.2, 0.25) is 6.33 Å². The van der Waals surface area contributed by atoms with E-state index in [-0.39, 0.29) is 0 Å². The van der Waals surface area contributed by atoms with Crippen LogP contribution in [0, 0.1) is 6.33 Å². The second-order valence-corrected chi connectivity index (χ2v) is 5.73. The van der Waals surface area contributed by atoms with Crippen molar-refractivity contribution in [3.63, 3.8) is 0 Å². The largest absolute Gasteiger partial charge is 0.323 e. The molecule has 4 bridgehead atoms. The molecule has 2 aromatic heterocycles. The number of hydrogen-bond donors (Lipinski definition) is 0. The monoisotopic (exact) mass is 262 g/mol. The lowest BCUT2D eigenvalue weighted by Crippen LogP contribution is -2.24. The molecule has 2 aliphatic carbocycles. The minimum absolute atomic E-state index is 1.06. The third-order valence-corrected chi connectivity index (χ3v) is 4.28. The van der Waals surface area contributed by atoms with Gasteiger partial charge in [0.15, 0.2) is 0 Å². The molecule has 2 aliphatic heterocycles. The van der Waals surface area contributed by atoms with Crippen LogP contribution in [0.15, 0.2) is 42.6 Å². The van der Waals surface area contributed by atoms with E-state index < -0.39 is 0 Å². The maximum absolute atomic E-state index is 3.40. The van der Waals surface area contributed by atoms with Crippen molar-refractivity contribution >= 4 is 5.52 Å². The van der Waals surface area contributed by atoms with Gasteiger partial charge in [0.1, 0.15) is 0 Å².